The van der Waals surface area contributed by atoms with E-state index in [1.807, 2.05) is 0 Å². The molecule has 1 atom stereocenters. The standard InChI is InChI=1S/C8H10F8O/c1-5(10,4-9)8(15,16)17-7(13,14)3-6(2,11)12/h3-4H2,1-2H3. The molecule has 17 heavy (non-hydrogen) atoms. The Balaban J connectivity index is 4.82. The summed E-state index contributed by atoms with van der Waals surface area (Å²) in [5, 5.41) is 0. The van der Waals surface area contributed by atoms with Gasteiger partial charge in [0.05, 0.1) is 0 Å². The molecule has 1 nitrogen and oxygen atoms in total. The van der Waals surface area contributed by atoms with Crippen LogP contribution >= 0.6 is 0 Å². The first-order chi connectivity index (χ1) is 7.22. The molecular formula is C8H10F8O. The van der Waals surface area contributed by atoms with Crippen LogP contribution in [0, 0.1) is 0 Å². The summed E-state index contributed by atoms with van der Waals surface area (Å²) in [5.74, 6) is -4.00. The molecule has 0 aliphatic carbocycles. The molecule has 0 saturated carbocycles. The summed E-state index contributed by atoms with van der Waals surface area (Å²) < 4.78 is 102. The molecular weight excluding hydrogens is 264 g/mol. The molecule has 0 rings (SSSR count). The van der Waals surface area contributed by atoms with Crippen LogP contribution in [0.4, 0.5) is 35.1 Å². The average Bonchev–Trinajstić information content (AvgIpc) is 1.96. The van der Waals surface area contributed by atoms with E-state index < -0.39 is 36.9 Å². The Morgan fingerprint density at radius 1 is 0.882 bits per heavy atom. The van der Waals surface area contributed by atoms with Crippen LogP contribution < -0.4 is 0 Å². The van der Waals surface area contributed by atoms with Crippen molar-refractivity contribution in [2.75, 3.05) is 6.67 Å². The highest BCUT2D eigenvalue weighted by molar-refractivity contribution is 4.84. The normalized spacial score (nSPS) is 18.0. The van der Waals surface area contributed by atoms with Crippen LogP contribution in [-0.4, -0.2) is 30.5 Å². The summed E-state index contributed by atoms with van der Waals surface area (Å²) in [6, 6.07) is 0. The van der Waals surface area contributed by atoms with Crippen LogP contribution in [0.15, 0.2) is 0 Å². The predicted octanol–water partition coefficient (Wildman–Crippen LogP) is 3.93. The second-order valence-corrected chi connectivity index (χ2v) is 3.83. The van der Waals surface area contributed by atoms with Gasteiger partial charge in [0.25, 0.3) is 5.92 Å². The molecule has 0 amide bonds. The van der Waals surface area contributed by atoms with Crippen LogP contribution in [0.1, 0.15) is 20.3 Å². The molecule has 0 aromatic rings. The third-order valence-electron chi connectivity index (χ3n) is 1.65. The topological polar surface area (TPSA) is 9.23 Å². The maximum Gasteiger partial charge on any atom is 0.396 e. The summed E-state index contributed by atoms with van der Waals surface area (Å²) >= 11 is 0. The van der Waals surface area contributed by atoms with Gasteiger partial charge in [0, 0.05) is 0 Å². The molecule has 0 radical (unpaired) electrons. The van der Waals surface area contributed by atoms with Crippen molar-refractivity contribution >= 4 is 0 Å². The SMILES string of the molecule is CC(F)(F)CC(F)(F)OC(F)(F)C(C)(F)CF. The van der Waals surface area contributed by atoms with Crippen molar-refractivity contribution in [3.05, 3.63) is 0 Å². The van der Waals surface area contributed by atoms with Crippen LogP contribution in [-0.2, 0) is 4.74 Å². The molecule has 9 heteroatoms. The Labute approximate surface area is 91.7 Å². The second-order valence-electron chi connectivity index (χ2n) is 3.83. The number of rotatable bonds is 6. The number of ether oxygens (including phenoxy) is 1. The van der Waals surface area contributed by atoms with Gasteiger partial charge in [-0.2, -0.15) is 17.6 Å². The van der Waals surface area contributed by atoms with Gasteiger partial charge in [0.15, 0.2) is 0 Å². The van der Waals surface area contributed by atoms with Crippen molar-refractivity contribution in [2.24, 2.45) is 0 Å². The fourth-order valence-corrected chi connectivity index (χ4v) is 0.769. The van der Waals surface area contributed by atoms with Crippen molar-refractivity contribution in [3.63, 3.8) is 0 Å². The fraction of sp³-hybridized carbons (Fsp3) is 1.00. The third kappa shape index (κ3) is 5.05. The lowest BCUT2D eigenvalue weighted by molar-refractivity contribution is -0.417. The van der Waals surface area contributed by atoms with Crippen molar-refractivity contribution in [2.45, 2.75) is 44.1 Å². The van der Waals surface area contributed by atoms with Crippen LogP contribution in [0.25, 0.3) is 0 Å². The predicted molar refractivity (Wildman–Crippen MR) is 41.7 cm³/mol. The highest BCUT2D eigenvalue weighted by Crippen LogP contribution is 2.41. The van der Waals surface area contributed by atoms with E-state index in [4.69, 9.17) is 0 Å². The molecule has 0 aromatic carbocycles. The molecule has 0 bridgehead atoms. The first-order valence-electron chi connectivity index (χ1n) is 4.31. The van der Waals surface area contributed by atoms with Crippen molar-refractivity contribution in [3.8, 4) is 0 Å². The number of hydrogen-bond donors (Lipinski definition) is 0. The molecule has 0 spiro atoms. The third-order valence-corrected chi connectivity index (χ3v) is 1.65. The lowest BCUT2D eigenvalue weighted by Crippen LogP contribution is -2.50. The zero-order valence-corrected chi connectivity index (χ0v) is 8.85. The Hall–Kier alpha value is -0.600. The molecule has 0 heterocycles. The van der Waals surface area contributed by atoms with Gasteiger partial charge in [-0.3, -0.25) is 4.74 Å². The van der Waals surface area contributed by atoms with Gasteiger partial charge in [-0.1, -0.05) is 0 Å². The number of alkyl halides is 8. The summed E-state index contributed by atoms with van der Waals surface area (Å²) in [6.45, 7) is -2.28. The van der Waals surface area contributed by atoms with E-state index in [1.165, 1.54) is 0 Å². The highest BCUT2D eigenvalue weighted by atomic mass is 19.3. The number of halogens is 8. The molecule has 0 N–H and O–H groups in total. The van der Waals surface area contributed by atoms with E-state index >= 15 is 0 Å². The quantitative estimate of drug-likeness (QED) is 0.667. The minimum atomic E-state index is -5.23. The van der Waals surface area contributed by atoms with E-state index in [1.54, 1.807) is 0 Å². The van der Waals surface area contributed by atoms with Crippen LogP contribution in [0.2, 0.25) is 0 Å². The first-order valence-corrected chi connectivity index (χ1v) is 4.31. The van der Waals surface area contributed by atoms with Gasteiger partial charge in [0.1, 0.15) is 13.1 Å². The van der Waals surface area contributed by atoms with E-state index in [0.29, 0.717) is 0 Å². The lowest BCUT2D eigenvalue weighted by atomic mass is 10.1. The first kappa shape index (κ1) is 16.4. The second kappa shape index (κ2) is 4.58. The molecule has 1 unspecified atom stereocenters. The summed E-state index contributed by atoms with van der Waals surface area (Å²) in [6.07, 6.45) is -12.6. The molecule has 0 aliphatic rings. The molecule has 0 aliphatic heterocycles. The Kier molecular flexibility index (Phi) is 4.42. The molecule has 104 valence electrons. The van der Waals surface area contributed by atoms with E-state index in [2.05, 4.69) is 4.74 Å². The smallest absolute Gasteiger partial charge is 0.252 e. The van der Waals surface area contributed by atoms with Gasteiger partial charge in [0.2, 0.25) is 5.67 Å². The van der Waals surface area contributed by atoms with Gasteiger partial charge in [-0.05, 0) is 13.8 Å². The van der Waals surface area contributed by atoms with Crippen molar-refractivity contribution in [1.29, 1.82) is 0 Å². The van der Waals surface area contributed by atoms with E-state index in [9.17, 15) is 35.1 Å². The Bertz CT molecular complexity index is 257. The lowest BCUT2D eigenvalue weighted by Gasteiger charge is -2.31. The minimum absolute atomic E-state index is 0.0207. The summed E-state index contributed by atoms with van der Waals surface area (Å²) in [7, 11) is 0. The molecule has 0 aromatic heterocycles. The van der Waals surface area contributed by atoms with Crippen molar-refractivity contribution in [1.82, 2.24) is 0 Å². The van der Waals surface area contributed by atoms with E-state index in [0.717, 1.165) is 0 Å². The van der Waals surface area contributed by atoms with E-state index in [-0.39, 0.29) is 13.8 Å². The maximum absolute atomic E-state index is 12.8. The van der Waals surface area contributed by atoms with Gasteiger partial charge in [-0.25, -0.2) is 17.6 Å². The zero-order valence-electron chi connectivity index (χ0n) is 8.85. The largest absolute Gasteiger partial charge is 0.396 e. The maximum atomic E-state index is 12.8. The zero-order chi connectivity index (χ0) is 14.1. The Morgan fingerprint density at radius 2 is 1.29 bits per heavy atom. The minimum Gasteiger partial charge on any atom is -0.252 e. The van der Waals surface area contributed by atoms with Crippen LogP contribution in [0.3, 0.4) is 0 Å². The highest BCUT2D eigenvalue weighted by Gasteiger charge is 2.59. The summed E-state index contributed by atoms with van der Waals surface area (Å²) in [5.41, 5.74) is -4.03. The molecule has 0 fully saturated rings. The van der Waals surface area contributed by atoms with Crippen molar-refractivity contribution < 1.29 is 39.9 Å². The fourth-order valence-electron chi connectivity index (χ4n) is 0.769. The Morgan fingerprint density at radius 3 is 1.59 bits per heavy atom. The van der Waals surface area contributed by atoms with Crippen LogP contribution in [0.5, 0.6) is 0 Å². The molecule has 0 saturated heterocycles. The summed E-state index contributed by atoms with van der Waals surface area (Å²) in [4.78, 5) is 0. The van der Waals surface area contributed by atoms with Gasteiger partial charge in [-0.15, -0.1) is 0 Å². The average molecular weight is 274 g/mol. The van der Waals surface area contributed by atoms with Gasteiger partial charge >= 0.3 is 12.2 Å². The number of hydrogen-bond acceptors (Lipinski definition) is 1. The monoisotopic (exact) mass is 274 g/mol. The van der Waals surface area contributed by atoms with Gasteiger partial charge < -0.3 is 0 Å².